The maximum Gasteiger partial charge on any atom is 0.256 e. The SMILES string of the molecule is COc1ccc(NC(=O)c2ccccc2C(=O)c2ccc(Cl)cc2)cc1-n1cnc(C)c1. The normalized spacial score (nSPS) is 10.6. The minimum Gasteiger partial charge on any atom is -0.495 e. The van der Waals surface area contributed by atoms with E-state index in [4.69, 9.17) is 16.3 Å². The molecule has 0 radical (unpaired) electrons. The summed E-state index contributed by atoms with van der Waals surface area (Å²) in [5.41, 5.74) is 3.20. The molecule has 4 aromatic rings. The standard InChI is InChI=1S/C25H20ClN3O3/c1-16-14-29(15-27-16)22-13-19(11-12-23(22)32-2)28-25(31)21-6-4-3-5-20(21)24(30)17-7-9-18(26)10-8-17/h3-15H,1-2H3,(H,28,31). The highest BCUT2D eigenvalue weighted by Crippen LogP contribution is 2.27. The van der Waals surface area contributed by atoms with Gasteiger partial charge in [-0.15, -0.1) is 0 Å². The first kappa shape index (κ1) is 21.3. The van der Waals surface area contributed by atoms with Gasteiger partial charge in [0, 0.05) is 28.0 Å². The van der Waals surface area contributed by atoms with Crippen molar-refractivity contribution in [3.8, 4) is 11.4 Å². The summed E-state index contributed by atoms with van der Waals surface area (Å²) < 4.78 is 7.27. The van der Waals surface area contributed by atoms with Crippen LogP contribution in [0, 0.1) is 6.92 Å². The number of hydrogen-bond acceptors (Lipinski definition) is 4. The maximum atomic E-state index is 13.1. The number of imidazole rings is 1. The summed E-state index contributed by atoms with van der Waals surface area (Å²) >= 11 is 5.92. The fourth-order valence-electron chi connectivity index (χ4n) is 3.36. The van der Waals surface area contributed by atoms with Gasteiger partial charge in [0.1, 0.15) is 5.75 Å². The highest BCUT2D eigenvalue weighted by Gasteiger charge is 2.19. The quantitative estimate of drug-likeness (QED) is 0.407. The minimum absolute atomic E-state index is 0.253. The summed E-state index contributed by atoms with van der Waals surface area (Å²) in [6.45, 7) is 1.89. The van der Waals surface area contributed by atoms with Crippen LogP contribution in [0.5, 0.6) is 5.75 Å². The topological polar surface area (TPSA) is 73.2 Å². The summed E-state index contributed by atoms with van der Waals surface area (Å²) in [6.07, 6.45) is 3.54. The van der Waals surface area contributed by atoms with E-state index in [-0.39, 0.29) is 17.3 Å². The summed E-state index contributed by atoms with van der Waals surface area (Å²) in [4.78, 5) is 30.4. The van der Waals surface area contributed by atoms with Gasteiger partial charge in [0.2, 0.25) is 0 Å². The third kappa shape index (κ3) is 4.40. The van der Waals surface area contributed by atoms with Crippen molar-refractivity contribution in [2.24, 2.45) is 0 Å². The first-order valence-corrected chi connectivity index (χ1v) is 10.2. The van der Waals surface area contributed by atoms with Gasteiger partial charge in [-0.25, -0.2) is 4.98 Å². The molecule has 1 heterocycles. The van der Waals surface area contributed by atoms with Crippen LogP contribution >= 0.6 is 11.6 Å². The molecule has 0 aliphatic carbocycles. The molecule has 1 N–H and O–H groups in total. The van der Waals surface area contributed by atoms with Crippen molar-refractivity contribution in [1.82, 2.24) is 9.55 Å². The second-order valence-electron chi connectivity index (χ2n) is 7.14. The lowest BCUT2D eigenvalue weighted by molar-refractivity contribution is 0.0996. The van der Waals surface area contributed by atoms with Crippen molar-refractivity contribution in [1.29, 1.82) is 0 Å². The first-order valence-electron chi connectivity index (χ1n) is 9.86. The van der Waals surface area contributed by atoms with Crippen molar-refractivity contribution in [2.75, 3.05) is 12.4 Å². The molecule has 0 aliphatic rings. The maximum absolute atomic E-state index is 13.1. The number of amides is 1. The summed E-state index contributed by atoms with van der Waals surface area (Å²) in [5, 5.41) is 3.42. The van der Waals surface area contributed by atoms with Crippen LogP contribution in [-0.4, -0.2) is 28.4 Å². The number of nitrogens with zero attached hydrogens (tertiary/aromatic N) is 2. The molecule has 0 spiro atoms. The summed E-state index contributed by atoms with van der Waals surface area (Å²) in [5.74, 6) is -0.00344. The Morgan fingerprint density at radius 3 is 2.38 bits per heavy atom. The summed E-state index contributed by atoms with van der Waals surface area (Å²) in [6, 6.07) is 18.6. The van der Waals surface area contributed by atoms with E-state index < -0.39 is 0 Å². The van der Waals surface area contributed by atoms with Crippen LogP contribution in [0.2, 0.25) is 5.02 Å². The zero-order valence-corrected chi connectivity index (χ0v) is 18.3. The minimum atomic E-state index is -0.388. The second kappa shape index (κ2) is 9.08. The van der Waals surface area contributed by atoms with Crippen molar-refractivity contribution in [3.63, 3.8) is 0 Å². The number of methoxy groups -OCH3 is 1. The molecule has 0 bridgehead atoms. The zero-order valence-electron chi connectivity index (χ0n) is 17.5. The molecule has 0 unspecified atom stereocenters. The van der Waals surface area contributed by atoms with Gasteiger partial charge in [-0.05, 0) is 55.5 Å². The van der Waals surface area contributed by atoms with Crippen LogP contribution < -0.4 is 10.1 Å². The number of anilines is 1. The predicted octanol–water partition coefficient (Wildman–Crippen LogP) is 5.33. The molecule has 3 aromatic carbocycles. The van der Waals surface area contributed by atoms with Gasteiger partial charge in [0.15, 0.2) is 5.78 Å². The van der Waals surface area contributed by atoms with Crippen molar-refractivity contribution >= 4 is 29.0 Å². The van der Waals surface area contributed by atoms with Gasteiger partial charge in [0.05, 0.1) is 30.4 Å². The second-order valence-corrected chi connectivity index (χ2v) is 7.58. The number of aryl methyl sites for hydroxylation is 1. The monoisotopic (exact) mass is 445 g/mol. The fourth-order valence-corrected chi connectivity index (χ4v) is 3.48. The third-order valence-electron chi connectivity index (χ3n) is 4.95. The first-order chi connectivity index (χ1) is 15.5. The Labute approximate surface area is 190 Å². The van der Waals surface area contributed by atoms with E-state index in [0.29, 0.717) is 27.6 Å². The molecule has 4 rings (SSSR count). The van der Waals surface area contributed by atoms with Crippen molar-refractivity contribution in [3.05, 3.63) is 107 Å². The molecule has 1 amide bonds. The molecule has 0 atom stereocenters. The Balaban J connectivity index is 1.64. The van der Waals surface area contributed by atoms with Crippen molar-refractivity contribution < 1.29 is 14.3 Å². The number of ketones is 1. The van der Waals surface area contributed by atoms with Gasteiger partial charge in [-0.3, -0.25) is 9.59 Å². The molecule has 0 aliphatic heterocycles. The molecule has 6 nitrogen and oxygen atoms in total. The van der Waals surface area contributed by atoms with Crippen LogP contribution in [-0.2, 0) is 0 Å². The van der Waals surface area contributed by atoms with Crippen LogP contribution in [0.1, 0.15) is 32.0 Å². The number of halogens is 1. The molecular formula is C25H20ClN3O3. The number of carbonyl (C=O) groups is 2. The van der Waals surface area contributed by atoms with Gasteiger partial charge >= 0.3 is 0 Å². The Hall–Kier alpha value is -3.90. The number of aromatic nitrogens is 2. The van der Waals surface area contributed by atoms with E-state index in [1.807, 2.05) is 17.7 Å². The fraction of sp³-hybridized carbons (Fsp3) is 0.0800. The third-order valence-corrected chi connectivity index (χ3v) is 5.20. The highest BCUT2D eigenvalue weighted by molar-refractivity contribution is 6.30. The Morgan fingerprint density at radius 2 is 1.72 bits per heavy atom. The Morgan fingerprint density at radius 1 is 1.00 bits per heavy atom. The molecule has 0 saturated carbocycles. The molecule has 0 fully saturated rings. The van der Waals surface area contributed by atoms with Gasteiger partial charge in [-0.1, -0.05) is 29.8 Å². The number of benzene rings is 3. The molecule has 1 aromatic heterocycles. The van der Waals surface area contributed by atoms with Gasteiger partial charge < -0.3 is 14.6 Å². The molecular weight excluding hydrogens is 426 g/mol. The van der Waals surface area contributed by atoms with Crippen LogP contribution in [0.3, 0.4) is 0 Å². The van der Waals surface area contributed by atoms with Crippen LogP contribution in [0.15, 0.2) is 79.3 Å². The zero-order chi connectivity index (χ0) is 22.7. The number of rotatable bonds is 6. The predicted molar refractivity (Wildman–Crippen MR) is 124 cm³/mol. The number of nitrogens with one attached hydrogen (secondary N) is 1. The Bertz CT molecular complexity index is 1300. The molecule has 160 valence electrons. The summed E-state index contributed by atoms with van der Waals surface area (Å²) in [7, 11) is 1.58. The molecule has 7 heteroatoms. The molecule has 0 saturated heterocycles. The lowest BCUT2D eigenvalue weighted by atomic mass is 9.98. The highest BCUT2D eigenvalue weighted by atomic mass is 35.5. The number of carbonyl (C=O) groups excluding carboxylic acids is 2. The van der Waals surface area contributed by atoms with E-state index in [1.54, 1.807) is 80.2 Å². The smallest absolute Gasteiger partial charge is 0.256 e. The van der Waals surface area contributed by atoms with E-state index in [0.717, 1.165) is 11.4 Å². The van der Waals surface area contributed by atoms with E-state index in [1.165, 1.54) is 0 Å². The number of ether oxygens (including phenoxy) is 1. The average molecular weight is 446 g/mol. The Kier molecular flexibility index (Phi) is 6.05. The number of hydrogen-bond donors (Lipinski definition) is 1. The average Bonchev–Trinajstić information content (AvgIpc) is 3.25. The van der Waals surface area contributed by atoms with Crippen LogP contribution in [0.25, 0.3) is 5.69 Å². The van der Waals surface area contributed by atoms with Gasteiger partial charge in [0.25, 0.3) is 5.91 Å². The van der Waals surface area contributed by atoms with E-state index >= 15 is 0 Å². The van der Waals surface area contributed by atoms with E-state index in [2.05, 4.69) is 10.3 Å². The van der Waals surface area contributed by atoms with Gasteiger partial charge in [-0.2, -0.15) is 0 Å². The van der Waals surface area contributed by atoms with Crippen LogP contribution in [0.4, 0.5) is 5.69 Å². The lowest BCUT2D eigenvalue weighted by Gasteiger charge is -2.13. The largest absolute Gasteiger partial charge is 0.495 e. The lowest BCUT2D eigenvalue weighted by Crippen LogP contribution is -2.17. The van der Waals surface area contributed by atoms with Crippen molar-refractivity contribution in [2.45, 2.75) is 6.92 Å². The molecule has 32 heavy (non-hydrogen) atoms. The van der Waals surface area contributed by atoms with E-state index in [9.17, 15) is 9.59 Å².